The average Bonchev–Trinajstić information content (AvgIpc) is 3.18. The number of hydrogen-bond acceptors (Lipinski definition) is 4. The number of carbonyl (C=O) groups is 3. The second kappa shape index (κ2) is 10.4. The zero-order valence-electron chi connectivity index (χ0n) is 19.7. The van der Waals surface area contributed by atoms with Crippen LogP contribution in [0.5, 0.6) is 0 Å². The minimum absolute atomic E-state index is 0.110. The molecule has 1 aliphatic rings. The van der Waals surface area contributed by atoms with Gasteiger partial charge in [0.15, 0.2) is 0 Å². The molecule has 2 amide bonds. The summed E-state index contributed by atoms with van der Waals surface area (Å²) < 4.78 is 5.63. The summed E-state index contributed by atoms with van der Waals surface area (Å²) in [5.74, 6) is -1.75. The Hall–Kier alpha value is -4.13. The van der Waals surface area contributed by atoms with Crippen molar-refractivity contribution in [2.75, 3.05) is 13.2 Å². The van der Waals surface area contributed by atoms with Gasteiger partial charge in [0.2, 0.25) is 0 Å². The summed E-state index contributed by atoms with van der Waals surface area (Å²) in [5, 5.41) is 11.9. The number of fused-ring (bicyclic) bond motifs is 3. The van der Waals surface area contributed by atoms with E-state index in [1.54, 1.807) is 44.2 Å². The van der Waals surface area contributed by atoms with Crippen molar-refractivity contribution in [3.63, 3.8) is 0 Å². The second-order valence-corrected chi connectivity index (χ2v) is 8.77. The van der Waals surface area contributed by atoms with Crippen LogP contribution in [0.25, 0.3) is 11.1 Å². The van der Waals surface area contributed by atoms with Crippen LogP contribution in [-0.4, -0.2) is 47.2 Å². The fraction of sp³-hybridized carbons (Fsp3) is 0.250. The number of nitrogens with one attached hydrogen (secondary N) is 1. The number of aliphatic carboxylic acids is 1. The molecule has 180 valence electrons. The zero-order valence-corrected chi connectivity index (χ0v) is 19.7. The van der Waals surface area contributed by atoms with Gasteiger partial charge in [-0.15, -0.1) is 0 Å². The van der Waals surface area contributed by atoms with Crippen molar-refractivity contribution in [3.05, 3.63) is 95.6 Å². The lowest BCUT2D eigenvalue weighted by atomic mass is 9.98. The van der Waals surface area contributed by atoms with Crippen LogP contribution in [0.4, 0.5) is 4.79 Å². The Bertz CT molecular complexity index is 1180. The summed E-state index contributed by atoms with van der Waals surface area (Å²) in [6, 6.07) is 23.4. The SMILES string of the molecule is CC(C)N(CC(=O)O)C(=O)C(NC(=O)OCC1c2ccccc2-c2ccccc21)c1ccccc1. The van der Waals surface area contributed by atoms with Gasteiger partial charge in [0.1, 0.15) is 19.2 Å². The number of ether oxygens (including phenoxy) is 1. The first-order valence-electron chi connectivity index (χ1n) is 11.6. The van der Waals surface area contributed by atoms with E-state index in [-0.39, 0.29) is 18.6 Å². The van der Waals surface area contributed by atoms with Gasteiger partial charge in [-0.3, -0.25) is 9.59 Å². The van der Waals surface area contributed by atoms with Gasteiger partial charge in [0.05, 0.1) is 0 Å². The number of nitrogens with zero attached hydrogens (tertiary/aromatic N) is 1. The van der Waals surface area contributed by atoms with Crippen molar-refractivity contribution in [1.29, 1.82) is 0 Å². The number of carboxylic acid groups (broad SMARTS) is 1. The summed E-state index contributed by atoms with van der Waals surface area (Å²) >= 11 is 0. The van der Waals surface area contributed by atoms with Crippen LogP contribution in [-0.2, 0) is 14.3 Å². The Morgan fingerprint density at radius 3 is 1.97 bits per heavy atom. The Labute approximate surface area is 204 Å². The standard InChI is InChI=1S/C28H28N2O5/c1-18(2)30(16-25(31)32)27(33)26(19-10-4-3-5-11-19)29-28(34)35-17-24-22-14-8-6-12-20(22)21-13-7-9-15-23(21)24/h3-15,18,24,26H,16-17H2,1-2H3,(H,29,34)(H,31,32). The molecule has 7 nitrogen and oxygen atoms in total. The van der Waals surface area contributed by atoms with Gasteiger partial charge in [-0.1, -0.05) is 78.9 Å². The first-order chi connectivity index (χ1) is 16.9. The summed E-state index contributed by atoms with van der Waals surface area (Å²) in [4.78, 5) is 38.8. The summed E-state index contributed by atoms with van der Waals surface area (Å²) in [6.07, 6.45) is -0.743. The quantitative estimate of drug-likeness (QED) is 0.500. The minimum atomic E-state index is -1.12. The molecule has 7 heteroatoms. The van der Waals surface area contributed by atoms with Crippen LogP contribution in [0.3, 0.4) is 0 Å². The third kappa shape index (κ3) is 5.19. The molecule has 0 heterocycles. The molecule has 0 fully saturated rings. The highest BCUT2D eigenvalue weighted by atomic mass is 16.5. The number of carboxylic acids is 1. The van der Waals surface area contributed by atoms with Crippen molar-refractivity contribution >= 4 is 18.0 Å². The van der Waals surface area contributed by atoms with Gasteiger partial charge >= 0.3 is 12.1 Å². The van der Waals surface area contributed by atoms with E-state index in [0.717, 1.165) is 22.3 Å². The van der Waals surface area contributed by atoms with E-state index in [1.165, 1.54) is 4.90 Å². The first kappa shape index (κ1) is 24.0. The lowest BCUT2D eigenvalue weighted by molar-refractivity contribution is -0.146. The highest BCUT2D eigenvalue weighted by molar-refractivity contribution is 5.89. The van der Waals surface area contributed by atoms with Crippen LogP contribution in [0, 0.1) is 0 Å². The number of hydrogen-bond donors (Lipinski definition) is 2. The van der Waals surface area contributed by atoms with E-state index < -0.39 is 30.6 Å². The fourth-order valence-corrected chi connectivity index (χ4v) is 4.52. The topological polar surface area (TPSA) is 95.9 Å². The average molecular weight is 473 g/mol. The van der Waals surface area contributed by atoms with Crippen LogP contribution in [0.15, 0.2) is 78.9 Å². The van der Waals surface area contributed by atoms with E-state index in [1.807, 2.05) is 36.4 Å². The molecule has 1 atom stereocenters. The lowest BCUT2D eigenvalue weighted by Gasteiger charge is -2.30. The van der Waals surface area contributed by atoms with E-state index in [2.05, 4.69) is 17.4 Å². The minimum Gasteiger partial charge on any atom is -0.480 e. The Morgan fingerprint density at radius 2 is 1.43 bits per heavy atom. The molecular formula is C28H28N2O5. The van der Waals surface area contributed by atoms with Crippen LogP contribution < -0.4 is 5.32 Å². The maximum absolute atomic E-state index is 13.3. The van der Waals surface area contributed by atoms with Crippen molar-refractivity contribution in [3.8, 4) is 11.1 Å². The van der Waals surface area contributed by atoms with Crippen molar-refractivity contribution in [2.45, 2.75) is 31.8 Å². The molecule has 4 rings (SSSR count). The van der Waals surface area contributed by atoms with E-state index in [4.69, 9.17) is 4.74 Å². The second-order valence-electron chi connectivity index (χ2n) is 8.77. The third-order valence-electron chi connectivity index (χ3n) is 6.20. The number of carbonyl (C=O) groups excluding carboxylic acids is 2. The molecule has 0 aliphatic heterocycles. The van der Waals surface area contributed by atoms with E-state index >= 15 is 0 Å². The molecular weight excluding hydrogens is 444 g/mol. The predicted molar refractivity (Wildman–Crippen MR) is 132 cm³/mol. The molecule has 0 aromatic heterocycles. The van der Waals surface area contributed by atoms with Crippen molar-refractivity contribution in [1.82, 2.24) is 10.2 Å². The Kier molecular flexibility index (Phi) is 7.15. The van der Waals surface area contributed by atoms with Crippen LogP contribution in [0.1, 0.15) is 42.5 Å². The molecule has 3 aromatic carbocycles. The van der Waals surface area contributed by atoms with E-state index in [0.29, 0.717) is 5.56 Å². The number of amides is 2. The van der Waals surface area contributed by atoms with Crippen molar-refractivity contribution < 1.29 is 24.2 Å². The molecule has 0 bridgehead atoms. The van der Waals surface area contributed by atoms with Crippen LogP contribution in [0.2, 0.25) is 0 Å². The summed E-state index contributed by atoms with van der Waals surface area (Å²) in [5.41, 5.74) is 4.96. The highest BCUT2D eigenvalue weighted by Crippen LogP contribution is 2.44. The van der Waals surface area contributed by atoms with Crippen LogP contribution >= 0.6 is 0 Å². The van der Waals surface area contributed by atoms with Crippen molar-refractivity contribution in [2.24, 2.45) is 0 Å². The monoisotopic (exact) mass is 472 g/mol. The maximum atomic E-state index is 13.3. The zero-order chi connectivity index (χ0) is 24.9. The Morgan fingerprint density at radius 1 is 0.886 bits per heavy atom. The third-order valence-corrected chi connectivity index (χ3v) is 6.20. The summed E-state index contributed by atoms with van der Waals surface area (Å²) in [7, 11) is 0. The first-order valence-corrected chi connectivity index (χ1v) is 11.6. The Balaban J connectivity index is 1.52. The van der Waals surface area contributed by atoms with Gasteiger partial charge < -0.3 is 20.1 Å². The molecule has 2 N–H and O–H groups in total. The molecule has 3 aromatic rings. The molecule has 0 saturated carbocycles. The van der Waals surface area contributed by atoms with Gasteiger partial charge in [0.25, 0.3) is 5.91 Å². The number of alkyl carbamates (subject to hydrolysis) is 1. The van der Waals surface area contributed by atoms with Gasteiger partial charge in [-0.05, 0) is 41.7 Å². The molecule has 0 saturated heterocycles. The number of benzene rings is 3. The van der Waals surface area contributed by atoms with Gasteiger partial charge in [-0.25, -0.2) is 4.79 Å². The van der Waals surface area contributed by atoms with E-state index in [9.17, 15) is 19.5 Å². The molecule has 0 radical (unpaired) electrons. The normalized spacial score (nSPS) is 13.0. The lowest BCUT2D eigenvalue weighted by Crippen LogP contribution is -2.48. The maximum Gasteiger partial charge on any atom is 0.408 e. The largest absolute Gasteiger partial charge is 0.480 e. The van der Waals surface area contributed by atoms with Gasteiger partial charge in [0, 0.05) is 12.0 Å². The molecule has 1 aliphatic carbocycles. The predicted octanol–water partition coefficient (Wildman–Crippen LogP) is 4.59. The highest BCUT2D eigenvalue weighted by Gasteiger charge is 2.32. The molecule has 1 unspecified atom stereocenters. The fourth-order valence-electron chi connectivity index (χ4n) is 4.52. The number of rotatable bonds is 8. The molecule has 35 heavy (non-hydrogen) atoms. The smallest absolute Gasteiger partial charge is 0.408 e. The van der Waals surface area contributed by atoms with Gasteiger partial charge in [-0.2, -0.15) is 0 Å². The summed E-state index contributed by atoms with van der Waals surface area (Å²) in [6.45, 7) is 3.11. The molecule has 0 spiro atoms.